The molecular formula is C14H21NO4. The van der Waals surface area contributed by atoms with Crippen LogP contribution in [0.2, 0.25) is 0 Å². The number of esters is 1. The van der Waals surface area contributed by atoms with Crippen LogP contribution in [0.3, 0.4) is 0 Å². The summed E-state index contributed by atoms with van der Waals surface area (Å²) in [5.41, 5.74) is 6.10. The van der Waals surface area contributed by atoms with Gasteiger partial charge in [-0.3, -0.25) is 4.79 Å². The van der Waals surface area contributed by atoms with E-state index in [9.17, 15) is 4.79 Å². The van der Waals surface area contributed by atoms with Gasteiger partial charge in [-0.25, -0.2) is 0 Å². The number of carbonyl (C=O) groups is 1. The first-order valence-corrected chi connectivity index (χ1v) is 5.93. The van der Waals surface area contributed by atoms with Crippen LogP contribution < -0.4 is 15.2 Å². The predicted octanol–water partition coefficient (Wildman–Crippen LogP) is 1.90. The van der Waals surface area contributed by atoms with Crippen molar-refractivity contribution in [2.75, 3.05) is 21.3 Å². The highest BCUT2D eigenvalue weighted by Crippen LogP contribution is 2.35. The van der Waals surface area contributed by atoms with Crippen LogP contribution in [-0.4, -0.2) is 27.3 Å². The smallest absolute Gasteiger partial charge is 0.313 e. The second-order valence-corrected chi connectivity index (χ2v) is 4.84. The molecule has 0 aromatic heterocycles. The molecule has 0 spiro atoms. The molecule has 0 amide bonds. The van der Waals surface area contributed by atoms with Gasteiger partial charge in [-0.2, -0.15) is 0 Å². The molecule has 0 fully saturated rings. The average Bonchev–Trinajstić information content (AvgIpc) is 2.44. The molecular weight excluding hydrogens is 246 g/mol. The molecule has 0 saturated carbocycles. The lowest BCUT2D eigenvalue weighted by molar-refractivity contribution is -0.152. The lowest BCUT2D eigenvalue weighted by Gasteiger charge is -2.29. The van der Waals surface area contributed by atoms with E-state index in [-0.39, 0.29) is 5.97 Å². The number of rotatable bonds is 5. The standard InChI is InChI=1S/C14H21NO4/c1-14(2,13(16)19-5)12(15)9-6-10(17-3)8-11(7-9)18-4/h6-8,12H,15H2,1-5H3/t12-/m1/s1. The SMILES string of the molecule is COC(=O)C(C)(C)[C@H](N)c1cc(OC)cc(OC)c1. The summed E-state index contributed by atoms with van der Waals surface area (Å²) in [5.74, 6) is 0.901. The van der Waals surface area contributed by atoms with Gasteiger partial charge in [0.15, 0.2) is 0 Å². The minimum Gasteiger partial charge on any atom is -0.497 e. The summed E-state index contributed by atoms with van der Waals surface area (Å²) in [7, 11) is 4.48. The Labute approximate surface area is 113 Å². The van der Waals surface area contributed by atoms with Crippen LogP contribution in [0, 0.1) is 5.41 Å². The van der Waals surface area contributed by atoms with Crippen molar-refractivity contribution in [3.8, 4) is 11.5 Å². The number of carbonyl (C=O) groups excluding carboxylic acids is 1. The monoisotopic (exact) mass is 267 g/mol. The summed E-state index contributed by atoms with van der Waals surface area (Å²) in [6.45, 7) is 3.49. The number of methoxy groups -OCH3 is 3. The Morgan fingerprint density at radius 1 is 1.11 bits per heavy atom. The van der Waals surface area contributed by atoms with Gasteiger partial charge in [-0.1, -0.05) is 0 Å². The molecule has 19 heavy (non-hydrogen) atoms. The molecule has 0 radical (unpaired) electrons. The molecule has 0 aliphatic carbocycles. The maximum Gasteiger partial charge on any atom is 0.313 e. The lowest BCUT2D eigenvalue weighted by atomic mass is 9.81. The first kappa shape index (κ1) is 15.3. The van der Waals surface area contributed by atoms with E-state index >= 15 is 0 Å². The Hall–Kier alpha value is -1.75. The Kier molecular flexibility index (Phi) is 4.78. The Bertz CT molecular complexity index is 435. The zero-order chi connectivity index (χ0) is 14.6. The van der Waals surface area contributed by atoms with E-state index in [0.29, 0.717) is 11.5 Å². The van der Waals surface area contributed by atoms with Gasteiger partial charge in [0.05, 0.1) is 26.7 Å². The van der Waals surface area contributed by atoms with Crippen LogP contribution in [0.1, 0.15) is 25.5 Å². The van der Waals surface area contributed by atoms with Gasteiger partial charge >= 0.3 is 5.97 Å². The lowest BCUT2D eigenvalue weighted by Crippen LogP contribution is -2.37. The quantitative estimate of drug-likeness (QED) is 0.825. The number of benzene rings is 1. The van der Waals surface area contributed by atoms with E-state index in [1.807, 2.05) is 0 Å². The van der Waals surface area contributed by atoms with Crippen LogP contribution in [0.25, 0.3) is 0 Å². The zero-order valence-corrected chi connectivity index (χ0v) is 12.0. The molecule has 0 heterocycles. The van der Waals surface area contributed by atoms with Gasteiger partial charge in [0.2, 0.25) is 0 Å². The van der Waals surface area contributed by atoms with E-state index in [1.165, 1.54) is 7.11 Å². The second-order valence-electron chi connectivity index (χ2n) is 4.84. The van der Waals surface area contributed by atoms with Crippen molar-refractivity contribution in [3.63, 3.8) is 0 Å². The molecule has 0 bridgehead atoms. The van der Waals surface area contributed by atoms with E-state index in [2.05, 4.69) is 0 Å². The molecule has 0 unspecified atom stereocenters. The van der Waals surface area contributed by atoms with E-state index in [4.69, 9.17) is 19.9 Å². The first-order valence-electron chi connectivity index (χ1n) is 5.93. The van der Waals surface area contributed by atoms with Crippen LogP contribution in [-0.2, 0) is 9.53 Å². The predicted molar refractivity (Wildman–Crippen MR) is 72.3 cm³/mol. The van der Waals surface area contributed by atoms with Crippen molar-refractivity contribution in [1.29, 1.82) is 0 Å². The fourth-order valence-electron chi connectivity index (χ4n) is 1.82. The summed E-state index contributed by atoms with van der Waals surface area (Å²) >= 11 is 0. The number of ether oxygens (including phenoxy) is 3. The van der Waals surface area contributed by atoms with Gasteiger partial charge < -0.3 is 19.9 Å². The average molecular weight is 267 g/mol. The van der Waals surface area contributed by atoms with Gasteiger partial charge in [-0.05, 0) is 31.5 Å². The van der Waals surface area contributed by atoms with Gasteiger partial charge in [0.25, 0.3) is 0 Å². The highest BCUT2D eigenvalue weighted by atomic mass is 16.5. The maximum absolute atomic E-state index is 11.8. The zero-order valence-electron chi connectivity index (χ0n) is 12.0. The fraction of sp³-hybridized carbons (Fsp3) is 0.500. The number of hydrogen-bond donors (Lipinski definition) is 1. The van der Waals surface area contributed by atoms with E-state index in [0.717, 1.165) is 5.56 Å². The largest absolute Gasteiger partial charge is 0.497 e. The molecule has 106 valence electrons. The van der Waals surface area contributed by atoms with Gasteiger partial charge in [0.1, 0.15) is 11.5 Å². The fourth-order valence-corrected chi connectivity index (χ4v) is 1.82. The van der Waals surface area contributed by atoms with Crippen molar-refractivity contribution in [2.45, 2.75) is 19.9 Å². The van der Waals surface area contributed by atoms with E-state index in [1.54, 1.807) is 46.3 Å². The molecule has 5 heteroatoms. The summed E-state index contributed by atoms with van der Waals surface area (Å²) in [5, 5.41) is 0. The molecule has 1 aromatic carbocycles. The van der Waals surface area contributed by atoms with Crippen molar-refractivity contribution >= 4 is 5.97 Å². The molecule has 0 aliphatic rings. The van der Waals surface area contributed by atoms with E-state index < -0.39 is 11.5 Å². The van der Waals surface area contributed by atoms with Gasteiger partial charge in [-0.15, -0.1) is 0 Å². The summed E-state index contributed by atoms with van der Waals surface area (Å²) < 4.78 is 15.2. The number of nitrogens with two attached hydrogens (primary N) is 1. The molecule has 5 nitrogen and oxygen atoms in total. The second kappa shape index (κ2) is 5.93. The molecule has 1 aromatic rings. The Balaban J connectivity index is 3.18. The third kappa shape index (κ3) is 3.17. The maximum atomic E-state index is 11.8. The van der Waals surface area contributed by atoms with Crippen LogP contribution in [0.4, 0.5) is 0 Å². The highest BCUT2D eigenvalue weighted by molar-refractivity contribution is 5.77. The van der Waals surface area contributed by atoms with Crippen molar-refractivity contribution in [1.82, 2.24) is 0 Å². The van der Waals surface area contributed by atoms with Gasteiger partial charge in [0, 0.05) is 12.1 Å². The summed E-state index contributed by atoms with van der Waals surface area (Å²) in [6.07, 6.45) is 0. The van der Waals surface area contributed by atoms with Crippen molar-refractivity contribution in [3.05, 3.63) is 23.8 Å². The number of hydrogen-bond acceptors (Lipinski definition) is 5. The molecule has 2 N–H and O–H groups in total. The molecule has 1 rings (SSSR count). The molecule has 0 aliphatic heterocycles. The highest BCUT2D eigenvalue weighted by Gasteiger charge is 2.37. The Morgan fingerprint density at radius 3 is 1.95 bits per heavy atom. The van der Waals surface area contributed by atoms with Crippen LogP contribution in [0.5, 0.6) is 11.5 Å². The first-order chi connectivity index (χ1) is 8.86. The third-order valence-electron chi connectivity index (χ3n) is 3.22. The molecule has 1 atom stereocenters. The molecule has 0 saturated heterocycles. The summed E-state index contributed by atoms with van der Waals surface area (Å²) in [6, 6.07) is 4.81. The minimum absolute atomic E-state index is 0.359. The van der Waals surface area contributed by atoms with Crippen LogP contribution in [0.15, 0.2) is 18.2 Å². The third-order valence-corrected chi connectivity index (χ3v) is 3.22. The van der Waals surface area contributed by atoms with Crippen molar-refractivity contribution in [2.24, 2.45) is 11.1 Å². The minimum atomic E-state index is -0.841. The Morgan fingerprint density at radius 2 is 1.58 bits per heavy atom. The van der Waals surface area contributed by atoms with Crippen molar-refractivity contribution < 1.29 is 19.0 Å². The topological polar surface area (TPSA) is 70.8 Å². The normalized spacial score (nSPS) is 12.7. The van der Waals surface area contributed by atoms with Crippen LogP contribution >= 0.6 is 0 Å². The summed E-state index contributed by atoms with van der Waals surface area (Å²) in [4.78, 5) is 11.8.